The summed E-state index contributed by atoms with van der Waals surface area (Å²) in [6.07, 6.45) is -5.95. The minimum absolute atomic E-state index is 0.165. The van der Waals surface area contributed by atoms with Crippen molar-refractivity contribution < 1.29 is 22.7 Å². The zero-order valence-electron chi connectivity index (χ0n) is 19.3. The van der Waals surface area contributed by atoms with Gasteiger partial charge in [-0.25, -0.2) is 4.79 Å². The summed E-state index contributed by atoms with van der Waals surface area (Å²) in [6, 6.07) is 16.0. The number of benzene rings is 3. The molecule has 35 heavy (non-hydrogen) atoms. The van der Waals surface area contributed by atoms with Crippen LogP contribution < -0.4 is 0 Å². The van der Waals surface area contributed by atoms with E-state index in [2.05, 4.69) is 6.07 Å². The Bertz CT molecular complexity index is 1350. The van der Waals surface area contributed by atoms with Gasteiger partial charge in [-0.05, 0) is 67.8 Å². The smallest absolute Gasteiger partial charge is 0.416 e. The molecule has 0 N–H and O–H groups in total. The van der Waals surface area contributed by atoms with Crippen LogP contribution in [0.3, 0.4) is 0 Å². The van der Waals surface area contributed by atoms with E-state index in [1.807, 2.05) is 25.1 Å². The van der Waals surface area contributed by atoms with E-state index in [1.165, 1.54) is 4.90 Å². The normalized spacial score (nSPS) is 17.9. The Labute approximate surface area is 206 Å². The SMILES string of the molecule is Cc1cc([C@H]2OC(=O)N(Cc3cc(C)ccc3-c3cc(C#N)ccc3Cl)[C@H]2C)cc(C(F)(F)F)c1. The summed E-state index contributed by atoms with van der Waals surface area (Å²) < 4.78 is 45.6. The number of hydrogen-bond donors (Lipinski definition) is 0. The van der Waals surface area contributed by atoms with Crippen LogP contribution in [0.25, 0.3) is 11.1 Å². The van der Waals surface area contributed by atoms with Crippen molar-refractivity contribution in [1.82, 2.24) is 4.90 Å². The summed E-state index contributed by atoms with van der Waals surface area (Å²) in [7, 11) is 0. The highest BCUT2D eigenvalue weighted by Crippen LogP contribution is 2.39. The summed E-state index contributed by atoms with van der Waals surface area (Å²) in [5.41, 5.74) is 3.57. The minimum Gasteiger partial charge on any atom is -0.439 e. The van der Waals surface area contributed by atoms with Gasteiger partial charge in [0.15, 0.2) is 0 Å². The molecule has 180 valence electrons. The quantitative estimate of drug-likeness (QED) is 0.372. The molecule has 4 nitrogen and oxygen atoms in total. The number of aryl methyl sites for hydroxylation is 2. The predicted octanol–water partition coefficient (Wildman–Crippen LogP) is 7.60. The van der Waals surface area contributed by atoms with Crippen molar-refractivity contribution in [3.8, 4) is 17.2 Å². The molecule has 2 atom stereocenters. The lowest BCUT2D eigenvalue weighted by Crippen LogP contribution is -2.31. The summed E-state index contributed by atoms with van der Waals surface area (Å²) in [4.78, 5) is 14.4. The number of nitriles is 1. The molecule has 1 heterocycles. The largest absolute Gasteiger partial charge is 0.439 e. The van der Waals surface area contributed by atoms with Gasteiger partial charge in [0.2, 0.25) is 0 Å². The highest BCUT2D eigenvalue weighted by Gasteiger charge is 2.41. The van der Waals surface area contributed by atoms with E-state index in [0.717, 1.165) is 28.8 Å². The second-order valence-electron chi connectivity index (χ2n) is 8.77. The Hall–Kier alpha value is -3.50. The molecule has 0 spiro atoms. The lowest BCUT2D eigenvalue weighted by atomic mass is 9.95. The first-order valence-electron chi connectivity index (χ1n) is 10.9. The van der Waals surface area contributed by atoms with E-state index in [9.17, 15) is 23.2 Å². The third kappa shape index (κ3) is 4.98. The van der Waals surface area contributed by atoms with Crippen molar-refractivity contribution in [3.05, 3.63) is 93.0 Å². The van der Waals surface area contributed by atoms with Gasteiger partial charge in [-0.2, -0.15) is 18.4 Å². The van der Waals surface area contributed by atoms with Crippen molar-refractivity contribution in [1.29, 1.82) is 5.26 Å². The van der Waals surface area contributed by atoms with Crippen LogP contribution in [0.2, 0.25) is 5.02 Å². The second kappa shape index (κ2) is 9.27. The molecule has 1 saturated heterocycles. The topological polar surface area (TPSA) is 53.3 Å². The average molecular weight is 499 g/mol. The molecule has 0 unspecified atom stereocenters. The molecular weight excluding hydrogens is 477 g/mol. The molecule has 0 aliphatic carbocycles. The van der Waals surface area contributed by atoms with E-state index in [1.54, 1.807) is 38.1 Å². The molecule has 1 fully saturated rings. The zero-order valence-corrected chi connectivity index (χ0v) is 20.0. The van der Waals surface area contributed by atoms with Crippen molar-refractivity contribution in [2.75, 3.05) is 0 Å². The summed E-state index contributed by atoms with van der Waals surface area (Å²) in [5.74, 6) is 0. The highest BCUT2D eigenvalue weighted by molar-refractivity contribution is 6.33. The van der Waals surface area contributed by atoms with Crippen molar-refractivity contribution >= 4 is 17.7 Å². The van der Waals surface area contributed by atoms with Crippen LogP contribution in [-0.2, 0) is 17.5 Å². The molecule has 3 aromatic rings. The van der Waals surface area contributed by atoms with E-state index < -0.39 is 30.0 Å². The number of cyclic esters (lactones) is 1. The van der Waals surface area contributed by atoms with Gasteiger partial charge in [0, 0.05) is 10.6 Å². The molecule has 0 radical (unpaired) electrons. The number of hydrogen-bond acceptors (Lipinski definition) is 3. The van der Waals surface area contributed by atoms with Crippen molar-refractivity contribution in [2.45, 2.75) is 45.6 Å². The molecule has 0 saturated carbocycles. The summed E-state index contributed by atoms with van der Waals surface area (Å²) in [6.45, 7) is 5.42. The number of alkyl halides is 3. The van der Waals surface area contributed by atoms with Crippen LogP contribution >= 0.6 is 11.6 Å². The Kier molecular flexibility index (Phi) is 6.52. The molecule has 3 aromatic carbocycles. The number of rotatable bonds is 4. The monoisotopic (exact) mass is 498 g/mol. The number of nitrogens with zero attached hydrogens (tertiary/aromatic N) is 2. The molecule has 1 aliphatic rings. The first-order valence-corrected chi connectivity index (χ1v) is 11.3. The third-order valence-electron chi connectivity index (χ3n) is 6.13. The van der Waals surface area contributed by atoms with E-state index >= 15 is 0 Å². The number of amides is 1. The Morgan fingerprint density at radius 3 is 2.46 bits per heavy atom. The fourth-order valence-electron chi connectivity index (χ4n) is 4.40. The van der Waals surface area contributed by atoms with Crippen LogP contribution in [0.1, 0.15) is 46.4 Å². The van der Waals surface area contributed by atoms with Gasteiger partial charge >= 0.3 is 12.3 Å². The van der Waals surface area contributed by atoms with Crippen LogP contribution in [0.5, 0.6) is 0 Å². The summed E-state index contributed by atoms with van der Waals surface area (Å²) >= 11 is 6.44. The third-order valence-corrected chi connectivity index (χ3v) is 6.46. The van der Waals surface area contributed by atoms with Gasteiger partial charge in [-0.1, -0.05) is 47.0 Å². The van der Waals surface area contributed by atoms with Gasteiger partial charge in [0.05, 0.1) is 29.8 Å². The van der Waals surface area contributed by atoms with E-state index in [4.69, 9.17) is 16.3 Å². The standard InChI is InChI=1S/C27H22ClF3N2O2/c1-15-4-6-22(23-11-18(13-32)5-7-24(23)28)20(8-15)14-33-17(3)25(35-26(33)34)19-9-16(2)10-21(12-19)27(29,30)31/h4-12,17,25H,14H2,1-3H3/t17-,25-/m0/s1. The van der Waals surface area contributed by atoms with Crippen LogP contribution in [0.4, 0.5) is 18.0 Å². The van der Waals surface area contributed by atoms with Gasteiger partial charge in [-0.3, -0.25) is 4.90 Å². The predicted molar refractivity (Wildman–Crippen MR) is 127 cm³/mol. The van der Waals surface area contributed by atoms with Gasteiger partial charge < -0.3 is 4.74 Å². The molecule has 8 heteroatoms. The van der Waals surface area contributed by atoms with Crippen molar-refractivity contribution in [2.24, 2.45) is 0 Å². The number of halogens is 4. The highest BCUT2D eigenvalue weighted by atomic mass is 35.5. The maximum Gasteiger partial charge on any atom is 0.416 e. The van der Waals surface area contributed by atoms with Crippen LogP contribution in [0.15, 0.2) is 54.6 Å². The maximum atomic E-state index is 13.4. The van der Waals surface area contributed by atoms with E-state index in [-0.39, 0.29) is 6.54 Å². The van der Waals surface area contributed by atoms with Gasteiger partial charge in [-0.15, -0.1) is 0 Å². The Balaban J connectivity index is 1.69. The second-order valence-corrected chi connectivity index (χ2v) is 9.18. The molecule has 1 amide bonds. The first-order chi connectivity index (χ1) is 16.5. The lowest BCUT2D eigenvalue weighted by molar-refractivity contribution is -0.137. The number of carbonyl (C=O) groups excluding carboxylic acids is 1. The van der Waals surface area contributed by atoms with Crippen LogP contribution in [0, 0.1) is 25.2 Å². The lowest BCUT2D eigenvalue weighted by Gasteiger charge is -2.23. The molecular formula is C27H22ClF3N2O2. The minimum atomic E-state index is -4.50. The molecule has 4 rings (SSSR count). The maximum absolute atomic E-state index is 13.4. The number of ether oxygens (including phenoxy) is 1. The van der Waals surface area contributed by atoms with Gasteiger partial charge in [0.1, 0.15) is 6.10 Å². The van der Waals surface area contributed by atoms with Crippen LogP contribution in [-0.4, -0.2) is 17.0 Å². The number of carbonyl (C=O) groups is 1. The zero-order chi connectivity index (χ0) is 25.5. The Morgan fingerprint density at radius 2 is 1.77 bits per heavy atom. The van der Waals surface area contributed by atoms with E-state index in [0.29, 0.717) is 27.3 Å². The molecule has 0 aromatic heterocycles. The molecule has 0 bridgehead atoms. The summed E-state index contributed by atoms with van der Waals surface area (Å²) in [5, 5.41) is 9.77. The fourth-order valence-corrected chi connectivity index (χ4v) is 4.62. The molecule has 1 aliphatic heterocycles. The first kappa shape index (κ1) is 24.6. The fraction of sp³-hybridized carbons (Fsp3) is 0.259. The van der Waals surface area contributed by atoms with Gasteiger partial charge in [0.25, 0.3) is 0 Å². The average Bonchev–Trinajstić information content (AvgIpc) is 3.07. The van der Waals surface area contributed by atoms with Crippen molar-refractivity contribution in [3.63, 3.8) is 0 Å². The Morgan fingerprint density at radius 1 is 1.03 bits per heavy atom.